The maximum atomic E-state index is 11.4. The van der Waals surface area contributed by atoms with Gasteiger partial charge in [0.25, 0.3) is 0 Å². The number of halogens is 1. The maximum Gasteiger partial charge on any atom is 0.323 e. The molecule has 0 saturated carbocycles. The van der Waals surface area contributed by atoms with E-state index in [1.54, 1.807) is 0 Å². The van der Waals surface area contributed by atoms with Gasteiger partial charge in [-0.3, -0.25) is 9.69 Å². The van der Waals surface area contributed by atoms with Crippen LogP contribution < -0.4 is 0 Å². The number of ether oxygens (including phenoxy) is 1. The highest BCUT2D eigenvalue weighted by atomic mass is 35.5. The smallest absolute Gasteiger partial charge is 0.323 e. The summed E-state index contributed by atoms with van der Waals surface area (Å²) in [5, 5.41) is 0. The zero-order valence-corrected chi connectivity index (χ0v) is 8.68. The topological polar surface area (TPSA) is 29.5 Å². The highest BCUT2D eigenvalue weighted by Gasteiger charge is 2.41. The highest BCUT2D eigenvalue weighted by molar-refractivity contribution is 5.85. The molecule has 0 spiro atoms. The molecule has 2 rings (SSSR count). The fourth-order valence-electron chi connectivity index (χ4n) is 2.29. The van der Waals surface area contributed by atoms with Crippen LogP contribution in [0.4, 0.5) is 0 Å². The fraction of sp³-hybridized carbons (Fsp3) is 0.889. The summed E-state index contributed by atoms with van der Waals surface area (Å²) >= 11 is 0. The van der Waals surface area contributed by atoms with Gasteiger partial charge in [0, 0.05) is 6.54 Å². The summed E-state index contributed by atoms with van der Waals surface area (Å²) in [5.74, 6) is 0.749. The van der Waals surface area contributed by atoms with Gasteiger partial charge in [-0.25, -0.2) is 0 Å². The molecule has 0 radical (unpaired) electrons. The Labute approximate surface area is 84.8 Å². The molecular formula is C9H16ClNO2. The predicted molar refractivity (Wildman–Crippen MR) is 52.0 cm³/mol. The lowest BCUT2D eigenvalue weighted by atomic mass is 10.0. The van der Waals surface area contributed by atoms with Crippen molar-refractivity contribution in [1.82, 2.24) is 4.90 Å². The van der Waals surface area contributed by atoms with E-state index in [0.717, 1.165) is 25.4 Å². The van der Waals surface area contributed by atoms with Crippen molar-refractivity contribution >= 4 is 18.4 Å². The summed E-state index contributed by atoms with van der Waals surface area (Å²) in [4.78, 5) is 13.6. The van der Waals surface area contributed by atoms with Gasteiger partial charge in [-0.05, 0) is 32.2 Å². The van der Waals surface area contributed by atoms with E-state index in [2.05, 4.69) is 4.90 Å². The second kappa shape index (κ2) is 4.29. The number of rotatable bonds is 2. The summed E-state index contributed by atoms with van der Waals surface area (Å²) in [6, 6.07) is 0.0868. The number of fused-ring (bicyclic) bond motifs is 2. The average Bonchev–Trinajstić information content (AvgIpc) is 2.64. The molecule has 13 heavy (non-hydrogen) atoms. The molecular weight excluding hydrogens is 190 g/mol. The van der Waals surface area contributed by atoms with E-state index in [1.165, 1.54) is 6.42 Å². The van der Waals surface area contributed by atoms with E-state index in [4.69, 9.17) is 4.74 Å². The van der Waals surface area contributed by atoms with Crippen LogP contribution in [0, 0.1) is 5.92 Å². The average molecular weight is 206 g/mol. The first-order valence-corrected chi connectivity index (χ1v) is 4.72. The van der Waals surface area contributed by atoms with Crippen LogP contribution in [-0.4, -0.2) is 36.6 Å². The molecule has 0 aliphatic carbocycles. The van der Waals surface area contributed by atoms with Crippen LogP contribution in [0.1, 0.15) is 19.8 Å². The van der Waals surface area contributed by atoms with Crippen LogP contribution in [0.25, 0.3) is 0 Å². The number of hydrogen-bond acceptors (Lipinski definition) is 3. The lowest BCUT2D eigenvalue weighted by Crippen LogP contribution is -2.37. The van der Waals surface area contributed by atoms with E-state index in [9.17, 15) is 4.79 Å². The zero-order chi connectivity index (χ0) is 8.55. The summed E-state index contributed by atoms with van der Waals surface area (Å²) in [7, 11) is 0. The van der Waals surface area contributed by atoms with Gasteiger partial charge in [-0.2, -0.15) is 0 Å². The van der Waals surface area contributed by atoms with Gasteiger partial charge in [0.05, 0.1) is 6.61 Å². The summed E-state index contributed by atoms with van der Waals surface area (Å²) < 4.78 is 5.00. The summed E-state index contributed by atoms with van der Waals surface area (Å²) in [6.07, 6.45) is 2.30. The number of hydrogen-bond donors (Lipinski definition) is 0. The molecule has 2 heterocycles. The second-order valence-corrected chi connectivity index (χ2v) is 3.65. The van der Waals surface area contributed by atoms with Gasteiger partial charge in [-0.1, -0.05) is 0 Å². The lowest BCUT2D eigenvalue weighted by molar-refractivity contribution is -0.148. The molecule has 2 bridgehead atoms. The Morgan fingerprint density at radius 2 is 2.38 bits per heavy atom. The lowest BCUT2D eigenvalue weighted by Gasteiger charge is -2.22. The van der Waals surface area contributed by atoms with Crippen molar-refractivity contribution in [2.75, 3.05) is 19.7 Å². The molecule has 0 aromatic rings. The molecule has 3 unspecified atom stereocenters. The van der Waals surface area contributed by atoms with Crippen LogP contribution in [0.3, 0.4) is 0 Å². The minimum atomic E-state index is -0.0142. The Morgan fingerprint density at radius 1 is 1.62 bits per heavy atom. The molecule has 0 aromatic carbocycles. The van der Waals surface area contributed by atoms with Crippen molar-refractivity contribution in [3.05, 3.63) is 0 Å². The van der Waals surface area contributed by atoms with Gasteiger partial charge in [-0.15, -0.1) is 12.4 Å². The molecule has 2 aliphatic heterocycles. The molecule has 76 valence electrons. The monoisotopic (exact) mass is 205 g/mol. The van der Waals surface area contributed by atoms with Crippen molar-refractivity contribution in [2.45, 2.75) is 25.8 Å². The molecule has 2 aliphatic rings. The predicted octanol–water partition coefficient (Wildman–Crippen LogP) is 1.07. The standard InChI is InChI=1S/C9H15NO2.ClH/c1-2-12-9(11)8-5-7-3-4-10(8)6-7;/h7-8H,2-6H2,1H3;1H. The van der Waals surface area contributed by atoms with Crippen LogP contribution in [0.2, 0.25) is 0 Å². The SMILES string of the molecule is CCOC(=O)C1CC2CCN1C2.Cl. The Balaban J connectivity index is 0.000000845. The number of carbonyl (C=O) groups is 1. The normalized spacial score (nSPS) is 35.6. The Kier molecular flexibility index (Phi) is 3.56. The summed E-state index contributed by atoms with van der Waals surface area (Å²) in [6.45, 7) is 4.58. The third-order valence-corrected chi connectivity index (χ3v) is 2.87. The third kappa shape index (κ3) is 1.97. The third-order valence-electron chi connectivity index (χ3n) is 2.87. The van der Waals surface area contributed by atoms with Gasteiger partial charge >= 0.3 is 5.97 Å². The second-order valence-electron chi connectivity index (χ2n) is 3.65. The van der Waals surface area contributed by atoms with E-state index < -0.39 is 0 Å². The highest BCUT2D eigenvalue weighted by Crippen LogP contribution is 2.33. The van der Waals surface area contributed by atoms with E-state index in [1.807, 2.05) is 6.92 Å². The quantitative estimate of drug-likeness (QED) is 0.632. The first kappa shape index (κ1) is 10.8. The molecule has 3 atom stereocenters. The van der Waals surface area contributed by atoms with Crippen LogP contribution in [0.15, 0.2) is 0 Å². The number of nitrogens with zero attached hydrogens (tertiary/aromatic N) is 1. The Hall–Kier alpha value is -0.280. The van der Waals surface area contributed by atoms with E-state index in [0.29, 0.717) is 6.61 Å². The molecule has 2 saturated heterocycles. The van der Waals surface area contributed by atoms with Crippen molar-refractivity contribution in [3.8, 4) is 0 Å². The Morgan fingerprint density at radius 3 is 2.85 bits per heavy atom. The number of esters is 1. The largest absolute Gasteiger partial charge is 0.465 e. The Bertz CT molecular complexity index is 198. The van der Waals surface area contributed by atoms with Gasteiger partial charge < -0.3 is 4.74 Å². The van der Waals surface area contributed by atoms with Crippen LogP contribution >= 0.6 is 12.4 Å². The summed E-state index contributed by atoms with van der Waals surface area (Å²) in [5.41, 5.74) is 0. The van der Waals surface area contributed by atoms with Crippen molar-refractivity contribution in [3.63, 3.8) is 0 Å². The maximum absolute atomic E-state index is 11.4. The first-order chi connectivity index (χ1) is 5.81. The minimum absolute atomic E-state index is 0. The minimum Gasteiger partial charge on any atom is -0.465 e. The molecule has 0 amide bonds. The van der Waals surface area contributed by atoms with E-state index >= 15 is 0 Å². The van der Waals surface area contributed by atoms with E-state index in [-0.39, 0.29) is 24.4 Å². The van der Waals surface area contributed by atoms with Gasteiger partial charge in [0.1, 0.15) is 6.04 Å². The van der Waals surface area contributed by atoms with Crippen molar-refractivity contribution < 1.29 is 9.53 Å². The van der Waals surface area contributed by atoms with Crippen molar-refractivity contribution in [2.24, 2.45) is 5.92 Å². The zero-order valence-electron chi connectivity index (χ0n) is 7.86. The fourth-order valence-corrected chi connectivity index (χ4v) is 2.29. The van der Waals surface area contributed by atoms with Crippen LogP contribution in [0.5, 0.6) is 0 Å². The van der Waals surface area contributed by atoms with Gasteiger partial charge in [0.2, 0.25) is 0 Å². The van der Waals surface area contributed by atoms with Gasteiger partial charge in [0.15, 0.2) is 0 Å². The number of piperidine rings is 1. The molecule has 2 fully saturated rings. The molecule has 4 heteroatoms. The molecule has 0 N–H and O–H groups in total. The van der Waals surface area contributed by atoms with Crippen molar-refractivity contribution in [1.29, 1.82) is 0 Å². The number of carbonyl (C=O) groups excluding carboxylic acids is 1. The first-order valence-electron chi connectivity index (χ1n) is 4.72. The molecule has 3 nitrogen and oxygen atoms in total. The molecule has 0 aromatic heterocycles. The van der Waals surface area contributed by atoms with Crippen LogP contribution in [-0.2, 0) is 9.53 Å².